The zero-order chi connectivity index (χ0) is 11.3. The van der Waals surface area contributed by atoms with Crippen molar-refractivity contribution in [1.82, 2.24) is 0 Å². The van der Waals surface area contributed by atoms with Gasteiger partial charge >= 0.3 is 5.97 Å². The SMILES string of the molecule is [C-]#[N+]c1cccc(C(O)CC(=O)OC)c1. The minimum absolute atomic E-state index is 0.0993. The van der Waals surface area contributed by atoms with Crippen LogP contribution in [-0.4, -0.2) is 18.2 Å². The monoisotopic (exact) mass is 205 g/mol. The molecule has 0 radical (unpaired) electrons. The molecule has 4 nitrogen and oxygen atoms in total. The highest BCUT2D eigenvalue weighted by Crippen LogP contribution is 2.21. The van der Waals surface area contributed by atoms with Crippen LogP contribution in [0.5, 0.6) is 0 Å². The molecule has 0 saturated heterocycles. The third kappa shape index (κ3) is 3.08. The van der Waals surface area contributed by atoms with E-state index in [0.717, 1.165) is 0 Å². The van der Waals surface area contributed by atoms with Gasteiger partial charge in [-0.3, -0.25) is 4.79 Å². The average molecular weight is 205 g/mol. The second kappa shape index (κ2) is 5.13. The van der Waals surface area contributed by atoms with Gasteiger partial charge < -0.3 is 9.84 Å². The third-order valence-electron chi connectivity index (χ3n) is 1.97. The molecular formula is C11H11NO3. The summed E-state index contributed by atoms with van der Waals surface area (Å²) < 4.78 is 4.44. The largest absolute Gasteiger partial charge is 0.469 e. The topological polar surface area (TPSA) is 50.9 Å². The second-order valence-corrected chi connectivity index (χ2v) is 3.00. The summed E-state index contributed by atoms with van der Waals surface area (Å²) in [6.07, 6.45) is -1.02. The minimum atomic E-state index is -0.917. The van der Waals surface area contributed by atoms with Crippen molar-refractivity contribution in [2.75, 3.05) is 7.11 Å². The number of carbonyl (C=O) groups excluding carboxylic acids is 1. The van der Waals surface area contributed by atoms with Crippen LogP contribution in [0.25, 0.3) is 4.85 Å². The lowest BCUT2D eigenvalue weighted by atomic mass is 10.1. The van der Waals surface area contributed by atoms with Gasteiger partial charge in [0.2, 0.25) is 0 Å². The van der Waals surface area contributed by atoms with Gasteiger partial charge in [0.05, 0.1) is 26.2 Å². The Morgan fingerprint density at radius 1 is 1.67 bits per heavy atom. The van der Waals surface area contributed by atoms with Crippen molar-refractivity contribution >= 4 is 11.7 Å². The van der Waals surface area contributed by atoms with Gasteiger partial charge in [-0.2, -0.15) is 0 Å². The molecule has 1 aromatic rings. The molecule has 15 heavy (non-hydrogen) atoms. The molecule has 0 amide bonds. The summed E-state index contributed by atoms with van der Waals surface area (Å²) in [7, 11) is 1.27. The summed E-state index contributed by atoms with van der Waals surface area (Å²) >= 11 is 0. The van der Waals surface area contributed by atoms with E-state index in [4.69, 9.17) is 6.57 Å². The Morgan fingerprint density at radius 3 is 3.00 bits per heavy atom. The number of aliphatic hydroxyl groups excluding tert-OH is 1. The lowest BCUT2D eigenvalue weighted by Gasteiger charge is -2.09. The number of benzene rings is 1. The van der Waals surface area contributed by atoms with Crippen LogP contribution in [0, 0.1) is 6.57 Å². The van der Waals surface area contributed by atoms with Crippen LogP contribution in [-0.2, 0) is 9.53 Å². The first kappa shape index (κ1) is 11.2. The van der Waals surface area contributed by atoms with Crippen molar-refractivity contribution in [1.29, 1.82) is 0 Å². The summed E-state index contributed by atoms with van der Waals surface area (Å²) in [6, 6.07) is 6.54. The van der Waals surface area contributed by atoms with Crippen molar-refractivity contribution in [3.63, 3.8) is 0 Å². The maximum absolute atomic E-state index is 10.9. The summed E-state index contributed by atoms with van der Waals surface area (Å²) in [5.74, 6) is -0.476. The van der Waals surface area contributed by atoms with E-state index in [1.807, 2.05) is 0 Å². The number of rotatable bonds is 3. The first-order valence-corrected chi connectivity index (χ1v) is 4.39. The highest BCUT2D eigenvalue weighted by atomic mass is 16.5. The lowest BCUT2D eigenvalue weighted by molar-refractivity contribution is -0.142. The normalized spacial score (nSPS) is 11.5. The first-order valence-electron chi connectivity index (χ1n) is 4.39. The molecule has 0 aliphatic rings. The van der Waals surface area contributed by atoms with Gasteiger partial charge in [0.1, 0.15) is 0 Å². The molecule has 4 heteroatoms. The van der Waals surface area contributed by atoms with Crippen LogP contribution < -0.4 is 0 Å². The highest BCUT2D eigenvalue weighted by Gasteiger charge is 2.13. The molecule has 1 rings (SSSR count). The molecule has 0 aromatic heterocycles. The molecule has 0 aliphatic heterocycles. The van der Waals surface area contributed by atoms with Crippen LogP contribution in [0.2, 0.25) is 0 Å². The molecule has 0 saturated carbocycles. The molecular weight excluding hydrogens is 194 g/mol. The summed E-state index contributed by atoms with van der Waals surface area (Å²) in [6.45, 7) is 6.81. The van der Waals surface area contributed by atoms with E-state index in [2.05, 4.69) is 9.58 Å². The molecule has 1 unspecified atom stereocenters. The Morgan fingerprint density at radius 2 is 2.40 bits per heavy atom. The summed E-state index contributed by atoms with van der Waals surface area (Å²) in [4.78, 5) is 14.1. The fraction of sp³-hybridized carbons (Fsp3) is 0.273. The number of nitrogens with zero attached hydrogens (tertiary/aromatic N) is 1. The fourth-order valence-electron chi connectivity index (χ4n) is 1.16. The van der Waals surface area contributed by atoms with E-state index in [1.54, 1.807) is 24.3 Å². The fourth-order valence-corrected chi connectivity index (χ4v) is 1.16. The van der Waals surface area contributed by atoms with Crippen LogP contribution in [0.15, 0.2) is 24.3 Å². The standard InChI is InChI=1S/C11H11NO3/c1-12-9-5-3-4-8(6-9)10(13)7-11(14)15-2/h3-6,10,13H,7H2,2H3. The van der Waals surface area contributed by atoms with Crippen molar-refractivity contribution in [3.05, 3.63) is 41.2 Å². The average Bonchev–Trinajstić information content (AvgIpc) is 2.28. The van der Waals surface area contributed by atoms with Gasteiger partial charge in [-0.15, -0.1) is 0 Å². The summed E-state index contributed by atoms with van der Waals surface area (Å²) in [5, 5.41) is 9.64. The van der Waals surface area contributed by atoms with E-state index in [1.165, 1.54) is 7.11 Å². The summed E-state index contributed by atoms with van der Waals surface area (Å²) in [5.41, 5.74) is 0.991. The predicted octanol–water partition coefficient (Wildman–Crippen LogP) is 1.83. The highest BCUT2D eigenvalue weighted by molar-refractivity contribution is 5.70. The molecule has 0 aliphatic carbocycles. The number of hydrogen-bond acceptors (Lipinski definition) is 3. The van der Waals surface area contributed by atoms with Gasteiger partial charge in [0.15, 0.2) is 5.69 Å². The van der Waals surface area contributed by atoms with E-state index in [-0.39, 0.29) is 6.42 Å². The molecule has 1 aromatic carbocycles. The van der Waals surface area contributed by atoms with Crippen LogP contribution in [0.1, 0.15) is 18.1 Å². The Balaban J connectivity index is 2.78. The van der Waals surface area contributed by atoms with Crippen LogP contribution >= 0.6 is 0 Å². The van der Waals surface area contributed by atoms with Crippen molar-refractivity contribution in [2.45, 2.75) is 12.5 Å². The molecule has 0 fully saturated rings. The van der Waals surface area contributed by atoms with Gasteiger partial charge in [0.25, 0.3) is 0 Å². The number of ether oxygens (including phenoxy) is 1. The van der Waals surface area contributed by atoms with Gasteiger partial charge in [-0.25, -0.2) is 4.85 Å². The number of aliphatic hydroxyl groups is 1. The maximum atomic E-state index is 10.9. The number of hydrogen-bond donors (Lipinski definition) is 1. The van der Waals surface area contributed by atoms with E-state index in [9.17, 15) is 9.90 Å². The quantitative estimate of drug-likeness (QED) is 0.605. The number of esters is 1. The van der Waals surface area contributed by atoms with Crippen molar-refractivity contribution < 1.29 is 14.6 Å². The van der Waals surface area contributed by atoms with Gasteiger partial charge in [-0.1, -0.05) is 24.3 Å². The smallest absolute Gasteiger partial charge is 0.308 e. The van der Waals surface area contributed by atoms with Gasteiger partial charge in [0, 0.05) is 0 Å². The molecule has 78 valence electrons. The molecule has 0 bridgehead atoms. The van der Waals surface area contributed by atoms with E-state index in [0.29, 0.717) is 11.3 Å². The number of methoxy groups -OCH3 is 1. The van der Waals surface area contributed by atoms with Gasteiger partial charge in [-0.05, 0) is 5.56 Å². The van der Waals surface area contributed by atoms with E-state index >= 15 is 0 Å². The lowest BCUT2D eigenvalue weighted by Crippen LogP contribution is -2.07. The van der Waals surface area contributed by atoms with E-state index < -0.39 is 12.1 Å². The second-order valence-electron chi connectivity index (χ2n) is 3.00. The number of carbonyl (C=O) groups is 1. The molecule has 1 atom stereocenters. The Labute approximate surface area is 87.9 Å². The minimum Gasteiger partial charge on any atom is -0.469 e. The molecule has 0 heterocycles. The Kier molecular flexibility index (Phi) is 3.83. The zero-order valence-electron chi connectivity index (χ0n) is 8.30. The Bertz CT molecular complexity index is 395. The van der Waals surface area contributed by atoms with Crippen molar-refractivity contribution in [3.8, 4) is 0 Å². The van der Waals surface area contributed by atoms with Crippen molar-refractivity contribution in [2.24, 2.45) is 0 Å². The predicted molar refractivity (Wildman–Crippen MR) is 54.3 cm³/mol. The third-order valence-corrected chi connectivity index (χ3v) is 1.97. The molecule has 0 spiro atoms. The zero-order valence-corrected chi connectivity index (χ0v) is 8.30. The maximum Gasteiger partial charge on any atom is 0.308 e. The molecule has 1 N–H and O–H groups in total. The van der Waals surface area contributed by atoms with Crippen LogP contribution in [0.3, 0.4) is 0 Å². The first-order chi connectivity index (χ1) is 7.17. The van der Waals surface area contributed by atoms with Crippen LogP contribution in [0.4, 0.5) is 5.69 Å². The Hall–Kier alpha value is -1.86.